The van der Waals surface area contributed by atoms with E-state index in [0.717, 1.165) is 23.6 Å². The number of rotatable bonds is 4. The van der Waals surface area contributed by atoms with E-state index in [4.69, 9.17) is 0 Å². The smallest absolute Gasteiger partial charge is 0.239 e. The maximum absolute atomic E-state index is 12.4. The van der Waals surface area contributed by atoms with Crippen molar-refractivity contribution in [1.82, 2.24) is 9.21 Å². The van der Waals surface area contributed by atoms with Gasteiger partial charge in [-0.15, -0.1) is 0 Å². The average molecular weight is 304 g/mol. The Morgan fingerprint density at radius 3 is 2.35 bits per heavy atom. The van der Waals surface area contributed by atoms with Crippen LogP contribution in [0, 0.1) is 11.8 Å². The monoisotopic (exact) mass is 304 g/mol. The molecule has 1 fully saturated rings. The first-order chi connectivity index (χ1) is 9.15. The third-order valence-electron chi connectivity index (χ3n) is 4.17. The molecule has 0 spiro atoms. The summed E-state index contributed by atoms with van der Waals surface area (Å²) in [4.78, 5) is 14.2. The minimum Gasteiger partial charge on any atom is -0.339 e. The van der Waals surface area contributed by atoms with Gasteiger partial charge in [0, 0.05) is 26.7 Å². The molecule has 1 saturated heterocycles. The van der Waals surface area contributed by atoms with Crippen molar-refractivity contribution in [2.24, 2.45) is 11.8 Å². The predicted molar refractivity (Wildman–Crippen MR) is 80.8 cm³/mol. The number of carbonyl (C=O) groups is 1. The number of nitrogens with zero attached hydrogens (tertiary/aromatic N) is 2. The van der Waals surface area contributed by atoms with Crippen LogP contribution in [0.4, 0.5) is 0 Å². The summed E-state index contributed by atoms with van der Waals surface area (Å²) in [5.41, 5.74) is 0. The highest BCUT2D eigenvalue weighted by Crippen LogP contribution is 2.26. The maximum Gasteiger partial charge on any atom is 0.239 e. The molecule has 2 atom stereocenters. The van der Waals surface area contributed by atoms with Crippen LogP contribution < -0.4 is 0 Å². The maximum atomic E-state index is 12.4. The molecular formula is C14H28N2O3S. The van der Waals surface area contributed by atoms with Crippen molar-refractivity contribution in [3.05, 3.63) is 0 Å². The molecule has 1 amide bonds. The van der Waals surface area contributed by atoms with Gasteiger partial charge in [-0.05, 0) is 31.1 Å². The summed E-state index contributed by atoms with van der Waals surface area (Å²) in [6, 6.07) is 0.157. The highest BCUT2D eigenvalue weighted by atomic mass is 32.2. The number of hydrogen-bond acceptors (Lipinski definition) is 3. The fourth-order valence-electron chi connectivity index (χ4n) is 2.65. The Morgan fingerprint density at radius 2 is 1.85 bits per heavy atom. The van der Waals surface area contributed by atoms with Crippen LogP contribution in [0.1, 0.15) is 40.0 Å². The standard InChI is InChI=1S/C14H28N2O3S/c1-11(2)13-7-6-12(3)8-9-16(13)14(17)10-20(18,19)15(4)5/h11-13H,6-10H2,1-5H3/t12-,13-/m0/s1. The summed E-state index contributed by atoms with van der Waals surface area (Å²) in [6.07, 6.45) is 3.02. The van der Waals surface area contributed by atoms with Crippen LogP contribution >= 0.6 is 0 Å². The van der Waals surface area contributed by atoms with E-state index < -0.39 is 15.8 Å². The molecule has 118 valence electrons. The second-order valence-corrected chi connectivity index (χ2v) is 8.59. The first kappa shape index (κ1) is 17.4. The van der Waals surface area contributed by atoms with Gasteiger partial charge in [0.1, 0.15) is 5.75 Å². The summed E-state index contributed by atoms with van der Waals surface area (Å²) in [5, 5.41) is 0. The van der Waals surface area contributed by atoms with Crippen molar-refractivity contribution >= 4 is 15.9 Å². The van der Waals surface area contributed by atoms with Crippen molar-refractivity contribution in [1.29, 1.82) is 0 Å². The lowest BCUT2D eigenvalue weighted by atomic mass is 9.95. The van der Waals surface area contributed by atoms with Crippen molar-refractivity contribution in [3.63, 3.8) is 0 Å². The Hall–Kier alpha value is -0.620. The lowest BCUT2D eigenvalue weighted by molar-refractivity contribution is -0.131. The number of carbonyl (C=O) groups excluding carboxylic acids is 1. The van der Waals surface area contributed by atoms with E-state index >= 15 is 0 Å². The van der Waals surface area contributed by atoms with Crippen LogP contribution in [-0.2, 0) is 14.8 Å². The minimum atomic E-state index is -3.48. The van der Waals surface area contributed by atoms with Crippen molar-refractivity contribution in [2.45, 2.75) is 46.1 Å². The van der Waals surface area contributed by atoms with E-state index in [0.29, 0.717) is 18.4 Å². The van der Waals surface area contributed by atoms with Gasteiger partial charge in [-0.25, -0.2) is 12.7 Å². The van der Waals surface area contributed by atoms with Gasteiger partial charge in [0.2, 0.25) is 15.9 Å². The van der Waals surface area contributed by atoms with Gasteiger partial charge in [0.05, 0.1) is 0 Å². The molecule has 0 aromatic carbocycles. The van der Waals surface area contributed by atoms with Crippen LogP contribution in [0.5, 0.6) is 0 Å². The third kappa shape index (κ3) is 4.45. The summed E-state index contributed by atoms with van der Waals surface area (Å²) >= 11 is 0. The Morgan fingerprint density at radius 1 is 1.25 bits per heavy atom. The zero-order chi connectivity index (χ0) is 15.5. The van der Waals surface area contributed by atoms with Gasteiger partial charge in [-0.3, -0.25) is 4.79 Å². The van der Waals surface area contributed by atoms with Crippen LogP contribution in [0.25, 0.3) is 0 Å². The number of likely N-dealkylation sites (tertiary alicyclic amines) is 1. The van der Waals surface area contributed by atoms with Gasteiger partial charge in [-0.2, -0.15) is 0 Å². The molecule has 0 saturated carbocycles. The van der Waals surface area contributed by atoms with Gasteiger partial charge < -0.3 is 4.90 Å². The Labute approximate surface area is 123 Å². The van der Waals surface area contributed by atoms with Crippen LogP contribution in [-0.4, -0.2) is 56.0 Å². The molecule has 0 aliphatic carbocycles. The average Bonchev–Trinajstić information content (AvgIpc) is 2.50. The SMILES string of the molecule is CC(C)[C@@H]1CC[C@H](C)CCN1C(=O)CS(=O)(=O)N(C)C. The first-order valence-electron chi connectivity index (χ1n) is 7.34. The normalized spacial score (nSPS) is 25.1. The van der Waals surface area contributed by atoms with E-state index in [-0.39, 0.29) is 11.9 Å². The van der Waals surface area contributed by atoms with Crippen molar-refractivity contribution in [2.75, 3.05) is 26.4 Å². The molecule has 0 N–H and O–H groups in total. The second kappa shape index (κ2) is 6.89. The second-order valence-electron chi connectivity index (χ2n) is 6.41. The molecule has 1 rings (SSSR count). The van der Waals surface area contributed by atoms with Gasteiger partial charge in [-0.1, -0.05) is 20.8 Å². The molecular weight excluding hydrogens is 276 g/mol. The summed E-state index contributed by atoms with van der Waals surface area (Å²) in [7, 11) is -0.549. The van der Waals surface area contributed by atoms with E-state index in [1.165, 1.54) is 14.1 Å². The first-order valence-corrected chi connectivity index (χ1v) is 8.95. The Kier molecular flexibility index (Phi) is 6.01. The van der Waals surface area contributed by atoms with Crippen molar-refractivity contribution in [3.8, 4) is 0 Å². The van der Waals surface area contributed by atoms with Crippen LogP contribution in [0.15, 0.2) is 0 Å². The predicted octanol–water partition coefficient (Wildman–Crippen LogP) is 1.55. The molecule has 0 bridgehead atoms. The van der Waals surface area contributed by atoms with E-state index in [9.17, 15) is 13.2 Å². The molecule has 6 heteroatoms. The zero-order valence-corrected chi connectivity index (χ0v) is 14.1. The lowest BCUT2D eigenvalue weighted by Gasteiger charge is -2.33. The number of sulfonamides is 1. The van der Waals surface area contributed by atoms with Gasteiger partial charge in [0.15, 0.2) is 0 Å². The summed E-state index contributed by atoms with van der Waals surface area (Å²) in [5.74, 6) is 0.273. The molecule has 1 heterocycles. The van der Waals surface area contributed by atoms with E-state index in [1.807, 2.05) is 0 Å². The lowest BCUT2D eigenvalue weighted by Crippen LogP contribution is -2.46. The largest absolute Gasteiger partial charge is 0.339 e. The molecule has 0 radical (unpaired) electrons. The molecule has 20 heavy (non-hydrogen) atoms. The van der Waals surface area contributed by atoms with Crippen molar-refractivity contribution < 1.29 is 13.2 Å². The Bertz CT molecular complexity index is 432. The molecule has 0 unspecified atom stereocenters. The van der Waals surface area contributed by atoms with E-state index in [2.05, 4.69) is 20.8 Å². The van der Waals surface area contributed by atoms with Gasteiger partial charge >= 0.3 is 0 Å². The quantitative estimate of drug-likeness (QED) is 0.792. The fraction of sp³-hybridized carbons (Fsp3) is 0.929. The highest BCUT2D eigenvalue weighted by Gasteiger charge is 2.32. The molecule has 1 aliphatic heterocycles. The Balaban J connectivity index is 2.86. The van der Waals surface area contributed by atoms with E-state index in [1.54, 1.807) is 4.90 Å². The minimum absolute atomic E-state index is 0.157. The molecule has 5 nitrogen and oxygen atoms in total. The molecule has 1 aliphatic rings. The molecule has 0 aromatic rings. The highest BCUT2D eigenvalue weighted by molar-refractivity contribution is 7.89. The number of hydrogen-bond donors (Lipinski definition) is 0. The van der Waals surface area contributed by atoms with Crippen LogP contribution in [0.3, 0.4) is 0 Å². The summed E-state index contributed by atoms with van der Waals surface area (Å²) in [6.45, 7) is 7.07. The number of amides is 1. The fourth-order valence-corrected chi connectivity index (χ4v) is 3.39. The topological polar surface area (TPSA) is 57.7 Å². The molecule has 0 aromatic heterocycles. The van der Waals surface area contributed by atoms with Crippen LogP contribution in [0.2, 0.25) is 0 Å². The van der Waals surface area contributed by atoms with Gasteiger partial charge in [0.25, 0.3) is 0 Å². The third-order valence-corrected chi connectivity index (χ3v) is 5.89. The summed E-state index contributed by atoms with van der Waals surface area (Å²) < 4.78 is 24.9. The zero-order valence-electron chi connectivity index (χ0n) is 13.3.